The number of benzene rings is 1. The van der Waals surface area contributed by atoms with Crippen molar-refractivity contribution in [1.29, 1.82) is 0 Å². The molecule has 1 fully saturated rings. The van der Waals surface area contributed by atoms with E-state index in [4.69, 9.17) is 9.47 Å². The highest BCUT2D eigenvalue weighted by atomic mass is 16.7. The second kappa shape index (κ2) is 6.37. The third-order valence-electron chi connectivity index (χ3n) is 2.74. The van der Waals surface area contributed by atoms with Crippen LogP contribution in [0.1, 0.15) is 12.0 Å². The van der Waals surface area contributed by atoms with Gasteiger partial charge in [0.25, 0.3) is 0 Å². The molecule has 0 radical (unpaired) electrons. The van der Waals surface area contributed by atoms with E-state index in [0.717, 1.165) is 17.7 Å². The number of carbonyl (C=O) groups is 1. The Balaban J connectivity index is 1.74. The first-order chi connectivity index (χ1) is 8.74. The summed E-state index contributed by atoms with van der Waals surface area (Å²) in [7, 11) is 0. The molecule has 1 aromatic rings. The monoisotopic (exact) mass is 250 g/mol. The van der Waals surface area contributed by atoms with Crippen molar-refractivity contribution in [2.45, 2.75) is 19.4 Å². The second-order valence-corrected chi connectivity index (χ2v) is 4.31. The van der Waals surface area contributed by atoms with Crippen LogP contribution >= 0.6 is 0 Å². The van der Waals surface area contributed by atoms with Gasteiger partial charge in [-0.05, 0) is 31.0 Å². The number of amides is 2. The van der Waals surface area contributed by atoms with Crippen LogP contribution in [0.3, 0.4) is 0 Å². The van der Waals surface area contributed by atoms with E-state index in [1.165, 1.54) is 0 Å². The summed E-state index contributed by atoms with van der Waals surface area (Å²) < 4.78 is 10.4. The smallest absolute Gasteiger partial charge is 0.319 e. The van der Waals surface area contributed by atoms with Crippen molar-refractivity contribution in [3.63, 3.8) is 0 Å². The zero-order valence-electron chi connectivity index (χ0n) is 10.4. The third kappa shape index (κ3) is 4.01. The molecular formula is C13H18N2O3. The summed E-state index contributed by atoms with van der Waals surface area (Å²) in [6, 6.07) is 7.46. The van der Waals surface area contributed by atoms with Crippen molar-refractivity contribution in [3.8, 4) is 0 Å². The highest BCUT2D eigenvalue weighted by molar-refractivity contribution is 5.89. The maximum absolute atomic E-state index is 11.7. The predicted octanol–water partition coefficient (Wildman–Crippen LogP) is 1.88. The lowest BCUT2D eigenvalue weighted by atomic mass is 10.2. The predicted molar refractivity (Wildman–Crippen MR) is 68.5 cm³/mol. The van der Waals surface area contributed by atoms with Crippen molar-refractivity contribution in [3.05, 3.63) is 29.8 Å². The highest BCUT2D eigenvalue weighted by Crippen LogP contribution is 2.09. The van der Waals surface area contributed by atoms with Crippen LogP contribution in [0.4, 0.5) is 10.5 Å². The molecule has 2 N–H and O–H groups in total. The number of aryl methyl sites for hydroxylation is 1. The molecule has 1 aliphatic heterocycles. The first-order valence-electron chi connectivity index (χ1n) is 6.05. The molecule has 5 nitrogen and oxygen atoms in total. The van der Waals surface area contributed by atoms with E-state index in [1.807, 2.05) is 31.2 Å². The fourth-order valence-electron chi connectivity index (χ4n) is 1.77. The number of carbonyl (C=O) groups excluding carboxylic acids is 1. The van der Waals surface area contributed by atoms with Crippen molar-refractivity contribution >= 4 is 11.7 Å². The summed E-state index contributed by atoms with van der Waals surface area (Å²) in [5.74, 6) is 0. The Morgan fingerprint density at radius 3 is 3.11 bits per heavy atom. The zero-order chi connectivity index (χ0) is 12.8. The highest BCUT2D eigenvalue weighted by Gasteiger charge is 2.14. The number of nitrogens with one attached hydrogen (secondary N) is 2. The summed E-state index contributed by atoms with van der Waals surface area (Å²) >= 11 is 0. The van der Waals surface area contributed by atoms with Crippen molar-refractivity contribution in [2.24, 2.45) is 0 Å². The quantitative estimate of drug-likeness (QED) is 0.861. The molecule has 1 heterocycles. The largest absolute Gasteiger partial charge is 0.355 e. The van der Waals surface area contributed by atoms with Gasteiger partial charge in [-0.25, -0.2) is 4.79 Å². The van der Waals surface area contributed by atoms with Crippen molar-refractivity contribution in [2.75, 3.05) is 25.3 Å². The van der Waals surface area contributed by atoms with Crippen LogP contribution in [0.5, 0.6) is 0 Å². The van der Waals surface area contributed by atoms with E-state index in [1.54, 1.807) is 0 Å². The van der Waals surface area contributed by atoms with Gasteiger partial charge in [-0.3, -0.25) is 0 Å². The Labute approximate surface area is 106 Å². The van der Waals surface area contributed by atoms with Gasteiger partial charge in [-0.1, -0.05) is 12.1 Å². The van der Waals surface area contributed by atoms with Crippen LogP contribution < -0.4 is 10.6 Å². The molecule has 18 heavy (non-hydrogen) atoms. The molecule has 0 bridgehead atoms. The number of anilines is 1. The molecule has 0 aliphatic carbocycles. The van der Waals surface area contributed by atoms with Gasteiger partial charge in [0.15, 0.2) is 0 Å². The fraction of sp³-hybridized carbons (Fsp3) is 0.462. The summed E-state index contributed by atoms with van der Waals surface area (Å²) in [6.07, 6.45) is 0.854. The van der Waals surface area contributed by atoms with E-state index in [0.29, 0.717) is 19.9 Å². The molecule has 1 aliphatic rings. The molecule has 1 saturated heterocycles. The lowest BCUT2D eigenvalue weighted by molar-refractivity contribution is -0.136. The molecule has 2 rings (SSSR count). The minimum atomic E-state index is -0.212. The Morgan fingerprint density at radius 1 is 1.50 bits per heavy atom. The lowest BCUT2D eigenvalue weighted by Gasteiger charge is -2.22. The molecule has 1 aromatic carbocycles. The summed E-state index contributed by atoms with van der Waals surface area (Å²) in [5, 5.41) is 5.58. The fourth-order valence-corrected chi connectivity index (χ4v) is 1.77. The first kappa shape index (κ1) is 12.9. The summed E-state index contributed by atoms with van der Waals surface area (Å²) in [4.78, 5) is 11.7. The average Bonchev–Trinajstić information content (AvgIpc) is 2.38. The molecule has 98 valence electrons. The summed E-state index contributed by atoms with van der Waals surface area (Å²) in [6.45, 7) is 3.48. The normalized spacial score (nSPS) is 19.3. The molecule has 5 heteroatoms. The number of hydrogen-bond donors (Lipinski definition) is 2. The van der Waals surface area contributed by atoms with Gasteiger partial charge >= 0.3 is 6.03 Å². The Kier molecular flexibility index (Phi) is 4.55. The number of urea groups is 1. The van der Waals surface area contributed by atoms with Crippen LogP contribution in [0.2, 0.25) is 0 Å². The molecular weight excluding hydrogens is 232 g/mol. The zero-order valence-corrected chi connectivity index (χ0v) is 10.4. The van der Waals surface area contributed by atoms with Crippen molar-refractivity contribution < 1.29 is 14.3 Å². The molecule has 0 aromatic heterocycles. The number of ether oxygens (including phenoxy) is 2. The molecule has 2 amide bonds. The van der Waals surface area contributed by atoms with E-state index >= 15 is 0 Å². The minimum absolute atomic E-state index is 0.0435. The average molecular weight is 250 g/mol. The minimum Gasteiger partial charge on any atom is -0.355 e. The molecule has 1 atom stereocenters. The maximum Gasteiger partial charge on any atom is 0.319 e. The van der Waals surface area contributed by atoms with Gasteiger partial charge < -0.3 is 20.1 Å². The van der Waals surface area contributed by atoms with Gasteiger partial charge in [-0.2, -0.15) is 0 Å². The Hall–Kier alpha value is -1.59. The summed E-state index contributed by atoms with van der Waals surface area (Å²) in [5.41, 5.74) is 1.90. The van der Waals surface area contributed by atoms with E-state index in [-0.39, 0.29) is 12.1 Å². The van der Waals surface area contributed by atoms with Gasteiger partial charge in [-0.15, -0.1) is 0 Å². The van der Waals surface area contributed by atoms with Crippen LogP contribution in [-0.4, -0.2) is 32.1 Å². The Morgan fingerprint density at radius 2 is 2.39 bits per heavy atom. The first-order valence-corrected chi connectivity index (χ1v) is 6.05. The van der Waals surface area contributed by atoms with Gasteiger partial charge in [0, 0.05) is 12.2 Å². The number of rotatable bonds is 3. The molecule has 1 unspecified atom stereocenters. The van der Waals surface area contributed by atoms with Crippen molar-refractivity contribution in [1.82, 2.24) is 5.32 Å². The van der Waals surface area contributed by atoms with Crippen LogP contribution in [-0.2, 0) is 9.47 Å². The van der Waals surface area contributed by atoms with Crippen LogP contribution in [0.15, 0.2) is 24.3 Å². The van der Waals surface area contributed by atoms with E-state index < -0.39 is 0 Å². The van der Waals surface area contributed by atoms with Gasteiger partial charge in [0.1, 0.15) is 6.79 Å². The van der Waals surface area contributed by atoms with E-state index in [2.05, 4.69) is 10.6 Å². The van der Waals surface area contributed by atoms with Gasteiger partial charge in [0.2, 0.25) is 0 Å². The standard InChI is InChI=1S/C13H18N2O3/c1-10-3-2-4-11(7-10)15-13(16)14-8-12-5-6-17-9-18-12/h2-4,7,12H,5-6,8-9H2,1H3,(H2,14,15,16). The maximum atomic E-state index is 11.7. The van der Waals surface area contributed by atoms with Crippen LogP contribution in [0.25, 0.3) is 0 Å². The molecule has 0 spiro atoms. The van der Waals surface area contributed by atoms with E-state index in [9.17, 15) is 4.79 Å². The number of hydrogen-bond acceptors (Lipinski definition) is 3. The topological polar surface area (TPSA) is 59.6 Å². The second-order valence-electron chi connectivity index (χ2n) is 4.31. The van der Waals surface area contributed by atoms with Gasteiger partial charge in [0.05, 0.1) is 12.7 Å². The SMILES string of the molecule is Cc1cccc(NC(=O)NCC2CCOCO2)c1. The Bertz CT molecular complexity index is 403. The lowest BCUT2D eigenvalue weighted by Crippen LogP contribution is -2.39. The third-order valence-corrected chi connectivity index (χ3v) is 2.74. The molecule has 0 saturated carbocycles. The van der Waals surface area contributed by atoms with Crippen LogP contribution in [0, 0.1) is 6.92 Å².